The molecule has 0 amide bonds. The molecule has 1 fully saturated rings. The van der Waals surface area contributed by atoms with Crippen LogP contribution >= 0.6 is 0 Å². The second-order valence-corrected chi connectivity index (χ2v) is 15.9. The molecule has 0 heterocycles. The zero-order chi connectivity index (χ0) is 31.8. The van der Waals surface area contributed by atoms with Crippen molar-refractivity contribution in [3.8, 4) is 11.5 Å². The molecule has 43 heavy (non-hydrogen) atoms. The van der Waals surface area contributed by atoms with E-state index in [1.807, 2.05) is 0 Å². The summed E-state index contributed by atoms with van der Waals surface area (Å²) in [5, 5.41) is 22.0. The number of benzene rings is 1. The molecule has 0 spiro atoms. The highest BCUT2D eigenvalue weighted by atomic mass is 32.3. The van der Waals surface area contributed by atoms with Crippen LogP contribution in [-0.4, -0.2) is 29.3 Å². The maximum atomic E-state index is 11.3. The first-order valence-electron chi connectivity index (χ1n) is 16.2. The molecule has 0 aliphatic heterocycles. The lowest BCUT2D eigenvalue weighted by molar-refractivity contribution is -0.0306. The lowest BCUT2D eigenvalue weighted by Crippen LogP contribution is -2.44. The van der Waals surface area contributed by atoms with E-state index in [0.717, 1.165) is 70.6 Å². The van der Waals surface area contributed by atoms with Gasteiger partial charge in [-0.25, -0.2) is 0 Å². The monoisotopic (exact) mass is 614 g/mol. The molecule has 3 N–H and O–H groups in total. The summed E-state index contributed by atoms with van der Waals surface area (Å²) in [5.74, 6) is 0.767. The van der Waals surface area contributed by atoms with E-state index in [1.54, 1.807) is 5.57 Å². The van der Waals surface area contributed by atoms with Crippen LogP contribution in [0.5, 0.6) is 11.5 Å². The smallest absolute Gasteiger partial charge is 0.446 e. The van der Waals surface area contributed by atoms with Crippen molar-refractivity contribution in [2.45, 2.75) is 125 Å². The molecule has 0 radical (unpaired) electrons. The first-order chi connectivity index (χ1) is 20.0. The highest BCUT2D eigenvalue weighted by Crippen LogP contribution is 2.59. The quantitative estimate of drug-likeness (QED) is 0.180. The van der Waals surface area contributed by atoms with Crippen molar-refractivity contribution in [2.24, 2.45) is 28.1 Å². The van der Waals surface area contributed by atoms with Crippen LogP contribution in [0.15, 0.2) is 53.1 Å². The van der Waals surface area contributed by atoms with Crippen LogP contribution in [-0.2, 0) is 16.8 Å². The molecule has 0 bridgehead atoms. The predicted molar refractivity (Wildman–Crippen MR) is 173 cm³/mol. The zero-order valence-electron chi connectivity index (χ0n) is 27.2. The van der Waals surface area contributed by atoms with Gasteiger partial charge in [0.15, 0.2) is 0 Å². The summed E-state index contributed by atoms with van der Waals surface area (Å²) in [6.45, 7) is 18.1. The average Bonchev–Trinajstić information content (AvgIpc) is 2.90. The molecule has 6 unspecified atom stereocenters. The summed E-state index contributed by atoms with van der Waals surface area (Å²) in [7, 11) is -4.66. The molecular weight excluding hydrogens is 560 g/mol. The first kappa shape index (κ1) is 33.8. The van der Waals surface area contributed by atoms with Gasteiger partial charge in [-0.05, 0) is 137 Å². The van der Waals surface area contributed by atoms with E-state index in [4.69, 9.17) is 4.18 Å². The van der Waals surface area contributed by atoms with Crippen molar-refractivity contribution in [1.29, 1.82) is 0 Å². The highest BCUT2D eigenvalue weighted by molar-refractivity contribution is 7.81. The largest absolute Gasteiger partial charge is 0.508 e. The maximum Gasteiger partial charge on any atom is 0.446 e. The minimum atomic E-state index is -4.66. The Hall–Kier alpha value is -2.09. The number of rotatable bonds is 10. The van der Waals surface area contributed by atoms with E-state index >= 15 is 0 Å². The van der Waals surface area contributed by atoms with Crippen LogP contribution < -0.4 is 4.18 Å². The molecule has 3 aliphatic carbocycles. The standard InChI is InChI=1S/C36H54O6S/c1-24(2)10-8-20-35(6)29(25(3)12-17-33(35)38)18-21-34(5)19-9-11-31-30(34)15-13-26(4)36(31,7)23-27-22-28(14-16-32(27)37)42-43(39,40)41/h10,14,16,22,26,29,33,37-38H,3,8-9,11-13,15,17-21,23H2,1-2,4-7H3,(H,39,40,41). The van der Waals surface area contributed by atoms with Gasteiger partial charge in [-0.2, -0.15) is 8.42 Å². The van der Waals surface area contributed by atoms with E-state index in [1.165, 1.54) is 34.9 Å². The molecule has 0 saturated heterocycles. The number of aromatic hydroxyl groups is 1. The normalized spacial score (nSPS) is 33.2. The summed E-state index contributed by atoms with van der Waals surface area (Å²) < 4.78 is 36.6. The Balaban J connectivity index is 1.62. The van der Waals surface area contributed by atoms with E-state index in [-0.39, 0.29) is 33.8 Å². The maximum absolute atomic E-state index is 11.3. The van der Waals surface area contributed by atoms with Gasteiger partial charge < -0.3 is 14.4 Å². The number of hydrogen-bond donors (Lipinski definition) is 3. The van der Waals surface area contributed by atoms with Crippen LogP contribution in [0, 0.1) is 28.1 Å². The Kier molecular flexibility index (Phi) is 10.0. The molecule has 6 atom stereocenters. The second-order valence-electron chi connectivity index (χ2n) is 14.8. The molecule has 240 valence electrons. The van der Waals surface area contributed by atoms with Gasteiger partial charge in [0.1, 0.15) is 11.5 Å². The lowest BCUT2D eigenvalue weighted by atomic mass is 9.53. The fourth-order valence-electron chi connectivity index (χ4n) is 8.74. The van der Waals surface area contributed by atoms with Crippen LogP contribution in [0.3, 0.4) is 0 Å². The van der Waals surface area contributed by atoms with Crippen LogP contribution in [0.1, 0.15) is 118 Å². The average molecular weight is 615 g/mol. The van der Waals surface area contributed by atoms with Gasteiger partial charge in [-0.1, -0.05) is 62.6 Å². The van der Waals surface area contributed by atoms with Gasteiger partial charge in [0.05, 0.1) is 6.10 Å². The van der Waals surface area contributed by atoms with Gasteiger partial charge >= 0.3 is 10.4 Å². The molecule has 0 aromatic heterocycles. The van der Waals surface area contributed by atoms with Crippen molar-refractivity contribution < 1.29 is 27.4 Å². The predicted octanol–water partition coefficient (Wildman–Crippen LogP) is 8.90. The molecule has 7 heteroatoms. The minimum absolute atomic E-state index is 0.00687. The molecule has 3 aliphatic rings. The third kappa shape index (κ3) is 7.26. The Morgan fingerprint density at radius 2 is 1.81 bits per heavy atom. The molecule has 1 aromatic carbocycles. The summed E-state index contributed by atoms with van der Waals surface area (Å²) >= 11 is 0. The van der Waals surface area contributed by atoms with Crippen molar-refractivity contribution in [1.82, 2.24) is 0 Å². The first-order valence-corrected chi connectivity index (χ1v) is 17.6. The summed E-state index contributed by atoms with van der Waals surface area (Å²) in [5.41, 5.74) is 5.99. The van der Waals surface area contributed by atoms with Crippen molar-refractivity contribution in [2.75, 3.05) is 0 Å². The highest BCUT2D eigenvalue weighted by Gasteiger charge is 2.48. The van der Waals surface area contributed by atoms with E-state index in [0.29, 0.717) is 23.8 Å². The summed E-state index contributed by atoms with van der Waals surface area (Å²) in [4.78, 5) is 0. The van der Waals surface area contributed by atoms with Crippen molar-refractivity contribution >= 4 is 10.4 Å². The third-order valence-corrected chi connectivity index (χ3v) is 12.1. The van der Waals surface area contributed by atoms with E-state index in [2.05, 4.69) is 54.2 Å². The van der Waals surface area contributed by atoms with Gasteiger partial charge in [0.25, 0.3) is 0 Å². The Labute approximate surface area is 260 Å². The van der Waals surface area contributed by atoms with Gasteiger partial charge in [-0.3, -0.25) is 4.55 Å². The topological polar surface area (TPSA) is 104 Å². The molecule has 1 saturated carbocycles. The number of aliphatic hydroxyl groups excluding tert-OH is 1. The van der Waals surface area contributed by atoms with E-state index in [9.17, 15) is 23.2 Å². The Morgan fingerprint density at radius 3 is 2.49 bits per heavy atom. The molecular formula is C36H54O6S. The number of phenolic OH excluding ortho intramolecular Hbond substituents is 1. The van der Waals surface area contributed by atoms with Gasteiger partial charge in [0.2, 0.25) is 0 Å². The Bertz CT molecular complexity index is 1370. The van der Waals surface area contributed by atoms with Crippen molar-refractivity contribution in [3.63, 3.8) is 0 Å². The number of hydrogen-bond acceptors (Lipinski definition) is 5. The summed E-state index contributed by atoms with van der Waals surface area (Å²) in [6.07, 6.45) is 13.7. The summed E-state index contributed by atoms with van der Waals surface area (Å²) in [6, 6.07) is 4.33. The number of phenols is 1. The van der Waals surface area contributed by atoms with E-state index < -0.39 is 10.4 Å². The van der Waals surface area contributed by atoms with Crippen LogP contribution in [0.4, 0.5) is 0 Å². The van der Waals surface area contributed by atoms with Gasteiger partial charge in [-0.15, -0.1) is 0 Å². The Morgan fingerprint density at radius 1 is 1.09 bits per heavy atom. The van der Waals surface area contributed by atoms with Crippen molar-refractivity contribution in [3.05, 3.63) is 58.7 Å². The molecule has 4 rings (SSSR count). The number of aliphatic hydroxyl groups is 1. The number of allylic oxidation sites excluding steroid dienone is 5. The molecule has 1 aromatic rings. The minimum Gasteiger partial charge on any atom is -0.508 e. The van der Waals surface area contributed by atoms with Crippen LogP contribution in [0.2, 0.25) is 0 Å². The lowest BCUT2D eigenvalue weighted by Gasteiger charge is -2.52. The second kappa shape index (κ2) is 12.7. The fraction of sp³-hybridized carbons (Fsp3) is 0.667. The fourth-order valence-corrected chi connectivity index (χ4v) is 9.09. The third-order valence-electron chi connectivity index (χ3n) is 11.7. The van der Waals surface area contributed by atoms with Gasteiger partial charge in [0, 0.05) is 5.41 Å². The molecule has 6 nitrogen and oxygen atoms in total. The zero-order valence-corrected chi connectivity index (χ0v) is 28.0. The SMILES string of the molecule is C=C1CCC(O)C(C)(CCC=C(C)C)C1CCC1(C)CCCC2=C1CCC(C)C2(C)Cc1cc(OS(=O)(=O)O)ccc1O. The van der Waals surface area contributed by atoms with Crippen LogP contribution in [0.25, 0.3) is 0 Å².